The van der Waals surface area contributed by atoms with Crippen LogP contribution in [-0.4, -0.2) is 23.8 Å². The van der Waals surface area contributed by atoms with Gasteiger partial charge in [0.05, 0.1) is 25.3 Å². The molecular formula is C20H20N2O2S2. The van der Waals surface area contributed by atoms with Gasteiger partial charge in [-0.25, -0.2) is 4.98 Å². The summed E-state index contributed by atoms with van der Waals surface area (Å²) in [6.45, 7) is 0.899. The third-order valence-corrected chi connectivity index (χ3v) is 5.22. The molecule has 1 heterocycles. The molecule has 1 N–H and O–H groups in total. The molecule has 0 unspecified atom stereocenters. The molecule has 0 saturated carbocycles. The molecule has 4 nitrogen and oxygen atoms in total. The molecule has 0 radical (unpaired) electrons. The number of amides is 1. The fourth-order valence-electron chi connectivity index (χ4n) is 2.34. The van der Waals surface area contributed by atoms with Gasteiger partial charge in [-0.3, -0.25) is 4.79 Å². The zero-order valence-electron chi connectivity index (χ0n) is 14.5. The van der Waals surface area contributed by atoms with E-state index >= 15 is 0 Å². The molecule has 1 aromatic heterocycles. The largest absolute Gasteiger partial charge is 0.376 e. The van der Waals surface area contributed by atoms with Crippen molar-refractivity contribution in [2.24, 2.45) is 0 Å². The summed E-state index contributed by atoms with van der Waals surface area (Å²) in [4.78, 5) is 17.7. The molecule has 26 heavy (non-hydrogen) atoms. The van der Waals surface area contributed by atoms with Crippen LogP contribution in [0.5, 0.6) is 0 Å². The molecule has 6 heteroatoms. The Balaban J connectivity index is 1.45. The summed E-state index contributed by atoms with van der Waals surface area (Å²) in [5.41, 5.74) is 3.02. The number of carbonyl (C=O) groups is 1. The summed E-state index contributed by atoms with van der Waals surface area (Å²) in [6.07, 6.45) is 2.36. The Morgan fingerprint density at radius 3 is 2.65 bits per heavy atom. The number of carbonyl (C=O) groups excluding carboxylic acids is 1. The van der Waals surface area contributed by atoms with Crippen molar-refractivity contribution in [2.45, 2.75) is 17.9 Å². The monoisotopic (exact) mass is 384 g/mol. The maximum absolute atomic E-state index is 12.0. The summed E-state index contributed by atoms with van der Waals surface area (Å²) >= 11 is 3.14. The molecule has 0 saturated heterocycles. The fourth-order valence-corrected chi connectivity index (χ4v) is 3.48. The van der Waals surface area contributed by atoms with Gasteiger partial charge in [-0.05, 0) is 24.0 Å². The molecule has 3 aromatic rings. The summed E-state index contributed by atoms with van der Waals surface area (Å²) in [5, 5.41) is 5.40. The Morgan fingerprint density at radius 1 is 1.15 bits per heavy atom. The number of thiazole rings is 1. The fraction of sp³-hybridized carbons (Fsp3) is 0.200. The SMILES string of the molecule is CSc1ccc(-c2csc(NC(=O)CCOCc3ccccc3)n2)cc1. The van der Waals surface area contributed by atoms with Crippen molar-refractivity contribution in [1.29, 1.82) is 0 Å². The van der Waals surface area contributed by atoms with E-state index in [1.807, 2.05) is 47.8 Å². The number of ether oxygens (including phenoxy) is 1. The molecule has 0 aliphatic rings. The number of hydrogen-bond donors (Lipinski definition) is 1. The van der Waals surface area contributed by atoms with Gasteiger partial charge in [-0.2, -0.15) is 0 Å². The van der Waals surface area contributed by atoms with E-state index in [0.29, 0.717) is 24.8 Å². The van der Waals surface area contributed by atoms with Crippen LogP contribution in [0.1, 0.15) is 12.0 Å². The molecular weight excluding hydrogens is 364 g/mol. The Kier molecular flexibility index (Phi) is 6.82. The van der Waals surface area contributed by atoms with Gasteiger partial charge in [0.25, 0.3) is 0 Å². The Hall–Kier alpha value is -2.15. The van der Waals surface area contributed by atoms with Gasteiger partial charge >= 0.3 is 0 Å². The molecule has 0 spiro atoms. The molecule has 0 aliphatic carbocycles. The van der Waals surface area contributed by atoms with Gasteiger partial charge in [-0.15, -0.1) is 23.1 Å². The molecule has 1 amide bonds. The zero-order valence-corrected chi connectivity index (χ0v) is 16.1. The van der Waals surface area contributed by atoms with E-state index in [2.05, 4.69) is 28.7 Å². The van der Waals surface area contributed by atoms with Crippen molar-refractivity contribution in [2.75, 3.05) is 18.2 Å². The van der Waals surface area contributed by atoms with E-state index in [1.165, 1.54) is 16.2 Å². The van der Waals surface area contributed by atoms with Crippen LogP contribution >= 0.6 is 23.1 Å². The highest BCUT2D eigenvalue weighted by Crippen LogP contribution is 2.26. The van der Waals surface area contributed by atoms with E-state index in [0.717, 1.165) is 16.8 Å². The predicted octanol–water partition coefficient (Wildman–Crippen LogP) is 5.08. The maximum atomic E-state index is 12.0. The Morgan fingerprint density at radius 2 is 1.92 bits per heavy atom. The second kappa shape index (κ2) is 9.52. The maximum Gasteiger partial charge on any atom is 0.228 e. The van der Waals surface area contributed by atoms with Crippen molar-refractivity contribution >= 4 is 34.1 Å². The Bertz CT molecular complexity index is 833. The third-order valence-electron chi connectivity index (χ3n) is 3.72. The number of anilines is 1. The van der Waals surface area contributed by atoms with Crippen LogP contribution in [0.15, 0.2) is 64.9 Å². The number of nitrogens with one attached hydrogen (secondary N) is 1. The van der Waals surface area contributed by atoms with E-state index in [-0.39, 0.29) is 5.91 Å². The first kappa shape index (κ1) is 18.6. The van der Waals surface area contributed by atoms with Crippen LogP contribution in [-0.2, 0) is 16.1 Å². The minimum Gasteiger partial charge on any atom is -0.376 e. The molecule has 0 fully saturated rings. The van der Waals surface area contributed by atoms with Gasteiger partial charge in [0.1, 0.15) is 0 Å². The van der Waals surface area contributed by atoms with Crippen molar-refractivity contribution in [3.8, 4) is 11.3 Å². The lowest BCUT2D eigenvalue weighted by atomic mass is 10.2. The summed E-state index contributed by atoms with van der Waals surface area (Å²) in [6, 6.07) is 18.2. The predicted molar refractivity (Wildman–Crippen MR) is 109 cm³/mol. The second-order valence-corrected chi connectivity index (χ2v) is 7.34. The van der Waals surface area contributed by atoms with Crippen LogP contribution in [0.3, 0.4) is 0 Å². The molecule has 134 valence electrons. The standard InChI is InChI=1S/C20H20N2O2S2/c1-25-17-9-7-16(8-10-17)18-14-26-20(21-18)22-19(23)11-12-24-13-15-5-3-2-4-6-15/h2-10,14H,11-13H2,1H3,(H,21,22,23). The van der Waals surface area contributed by atoms with Crippen LogP contribution in [0.25, 0.3) is 11.3 Å². The molecule has 0 atom stereocenters. The summed E-state index contributed by atoms with van der Waals surface area (Å²) in [7, 11) is 0. The minimum absolute atomic E-state index is 0.0864. The lowest BCUT2D eigenvalue weighted by molar-refractivity contribution is -0.117. The quantitative estimate of drug-likeness (QED) is 0.435. The van der Waals surface area contributed by atoms with Gasteiger partial charge in [0.2, 0.25) is 5.91 Å². The smallest absolute Gasteiger partial charge is 0.228 e. The van der Waals surface area contributed by atoms with Crippen molar-refractivity contribution in [1.82, 2.24) is 4.98 Å². The highest BCUT2D eigenvalue weighted by Gasteiger charge is 2.08. The molecule has 0 aliphatic heterocycles. The lowest BCUT2D eigenvalue weighted by Gasteiger charge is -2.04. The average molecular weight is 385 g/mol. The number of benzene rings is 2. The van der Waals surface area contributed by atoms with E-state index in [4.69, 9.17) is 4.74 Å². The lowest BCUT2D eigenvalue weighted by Crippen LogP contribution is -2.14. The van der Waals surface area contributed by atoms with Crippen molar-refractivity contribution in [3.63, 3.8) is 0 Å². The molecule has 0 bridgehead atoms. The minimum atomic E-state index is -0.0864. The molecule has 3 rings (SSSR count). The van der Waals surface area contributed by atoms with Gasteiger partial charge < -0.3 is 10.1 Å². The van der Waals surface area contributed by atoms with E-state index in [1.54, 1.807) is 11.8 Å². The van der Waals surface area contributed by atoms with Gasteiger partial charge in [-0.1, -0.05) is 42.5 Å². The van der Waals surface area contributed by atoms with Crippen molar-refractivity contribution in [3.05, 3.63) is 65.5 Å². The number of hydrogen-bond acceptors (Lipinski definition) is 5. The first-order chi connectivity index (χ1) is 12.7. The molecule has 2 aromatic carbocycles. The number of aromatic nitrogens is 1. The number of thioether (sulfide) groups is 1. The van der Waals surface area contributed by atoms with Crippen LogP contribution in [0.2, 0.25) is 0 Å². The Labute approximate surface area is 161 Å². The second-order valence-electron chi connectivity index (χ2n) is 5.60. The van der Waals surface area contributed by atoms with E-state index < -0.39 is 0 Å². The number of rotatable bonds is 8. The normalized spacial score (nSPS) is 10.7. The number of nitrogens with zero attached hydrogens (tertiary/aromatic N) is 1. The summed E-state index contributed by atoms with van der Waals surface area (Å²) in [5.74, 6) is -0.0864. The third kappa shape index (κ3) is 5.42. The first-order valence-electron chi connectivity index (χ1n) is 8.26. The highest BCUT2D eigenvalue weighted by molar-refractivity contribution is 7.98. The zero-order chi connectivity index (χ0) is 18.2. The van der Waals surface area contributed by atoms with Crippen molar-refractivity contribution < 1.29 is 9.53 Å². The topological polar surface area (TPSA) is 51.2 Å². The summed E-state index contributed by atoms with van der Waals surface area (Å²) < 4.78 is 5.54. The van der Waals surface area contributed by atoms with Crippen LogP contribution in [0.4, 0.5) is 5.13 Å². The van der Waals surface area contributed by atoms with Crippen LogP contribution in [0, 0.1) is 0 Å². The average Bonchev–Trinajstić information content (AvgIpc) is 3.14. The van der Waals surface area contributed by atoms with E-state index in [9.17, 15) is 4.79 Å². The highest BCUT2D eigenvalue weighted by atomic mass is 32.2. The van der Waals surface area contributed by atoms with Crippen LogP contribution < -0.4 is 5.32 Å². The first-order valence-corrected chi connectivity index (χ1v) is 10.4. The van der Waals surface area contributed by atoms with Gasteiger partial charge in [0, 0.05) is 15.8 Å². The van der Waals surface area contributed by atoms with Gasteiger partial charge in [0.15, 0.2) is 5.13 Å².